The van der Waals surface area contributed by atoms with Crippen molar-refractivity contribution in [1.29, 1.82) is 0 Å². The van der Waals surface area contributed by atoms with Crippen LogP contribution in [0.25, 0.3) is 0 Å². The molecule has 0 spiro atoms. The molecule has 0 bridgehead atoms. The number of aryl methyl sites for hydroxylation is 1. The molecule has 1 N–H and O–H groups in total. The van der Waals surface area contributed by atoms with Crippen LogP contribution in [0.4, 0.5) is 0 Å². The zero-order valence-electron chi connectivity index (χ0n) is 12.4. The maximum Gasteiger partial charge on any atom is 0.244 e. The van der Waals surface area contributed by atoms with Crippen molar-refractivity contribution in [1.82, 2.24) is 9.62 Å². The number of nitrogens with one attached hydrogen (secondary N) is 1. The second-order valence-corrected chi connectivity index (χ2v) is 7.83. The Morgan fingerprint density at radius 1 is 1.42 bits per heavy atom. The second kappa shape index (κ2) is 6.83. The van der Waals surface area contributed by atoms with Crippen LogP contribution in [0.3, 0.4) is 0 Å². The minimum absolute atomic E-state index is 0.0297. The van der Waals surface area contributed by atoms with Crippen molar-refractivity contribution in [3.05, 3.63) is 15.8 Å². The Bertz CT molecular complexity index is 509. The first-order chi connectivity index (χ1) is 8.88. The Morgan fingerprint density at radius 3 is 2.53 bits per heavy atom. The standard InChI is InChI=1S/C13H24N2O2S2/c1-6-10(3)15(7-2)19(16,17)13-8-12(9-14-5)18-11(13)4/h8,10,14H,6-7,9H2,1-5H3. The quantitative estimate of drug-likeness (QED) is 0.842. The minimum Gasteiger partial charge on any atom is -0.315 e. The van der Waals surface area contributed by atoms with Gasteiger partial charge in [-0.1, -0.05) is 13.8 Å². The first-order valence-corrected chi connectivity index (χ1v) is 8.89. The lowest BCUT2D eigenvalue weighted by Gasteiger charge is -2.26. The summed E-state index contributed by atoms with van der Waals surface area (Å²) >= 11 is 1.54. The second-order valence-electron chi connectivity index (χ2n) is 4.63. The molecule has 110 valence electrons. The molecule has 0 saturated heterocycles. The van der Waals surface area contributed by atoms with E-state index in [0.29, 0.717) is 18.0 Å². The number of hydrogen-bond acceptors (Lipinski definition) is 4. The molecule has 0 amide bonds. The van der Waals surface area contributed by atoms with Gasteiger partial charge in [-0.3, -0.25) is 0 Å². The van der Waals surface area contributed by atoms with E-state index in [1.54, 1.807) is 21.7 Å². The average Bonchev–Trinajstić information content (AvgIpc) is 2.71. The molecule has 0 aliphatic heterocycles. The van der Waals surface area contributed by atoms with Crippen molar-refractivity contribution in [2.75, 3.05) is 13.6 Å². The molecule has 1 heterocycles. The highest BCUT2D eigenvalue weighted by atomic mass is 32.2. The fraction of sp³-hybridized carbons (Fsp3) is 0.692. The van der Waals surface area contributed by atoms with Gasteiger partial charge in [-0.2, -0.15) is 4.31 Å². The molecular weight excluding hydrogens is 280 g/mol. The summed E-state index contributed by atoms with van der Waals surface area (Å²) in [5.41, 5.74) is 0. The predicted octanol–water partition coefficient (Wildman–Crippen LogP) is 2.59. The highest BCUT2D eigenvalue weighted by Crippen LogP contribution is 2.29. The molecule has 0 saturated carbocycles. The van der Waals surface area contributed by atoms with Crippen LogP contribution in [-0.4, -0.2) is 32.4 Å². The molecule has 0 aliphatic carbocycles. The van der Waals surface area contributed by atoms with Crippen LogP contribution in [0.1, 0.15) is 36.9 Å². The van der Waals surface area contributed by atoms with Crippen molar-refractivity contribution < 1.29 is 8.42 Å². The summed E-state index contributed by atoms with van der Waals surface area (Å²) in [6, 6.07) is 1.83. The SMILES string of the molecule is CCC(C)N(CC)S(=O)(=O)c1cc(CNC)sc1C. The third-order valence-corrected chi connectivity index (χ3v) is 6.65. The molecule has 1 aromatic rings. The first-order valence-electron chi connectivity index (χ1n) is 6.64. The molecule has 0 aromatic carbocycles. The van der Waals surface area contributed by atoms with Crippen LogP contribution in [0.2, 0.25) is 0 Å². The number of rotatable bonds is 7. The fourth-order valence-electron chi connectivity index (χ4n) is 2.09. The summed E-state index contributed by atoms with van der Waals surface area (Å²) in [6.45, 7) is 8.94. The molecule has 4 nitrogen and oxygen atoms in total. The van der Waals surface area contributed by atoms with Gasteiger partial charge in [0.15, 0.2) is 0 Å². The van der Waals surface area contributed by atoms with E-state index in [2.05, 4.69) is 5.32 Å². The third-order valence-electron chi connectivity index (χ3n) is 3.26. The molecule has 6 heteroatoms. The van der Waals surface area contributed by atoms with Crippen molar-refractivity contribution in [2.24, 2.45) is 0 Å². The van der Waals surface area contributed by atoms with Gasteiger partial charge in [0, 0.05) is 28.9 Å². The highest BCUT2D eigenvalue weighted by Gasteiger charge is 2.29. The van der Waals surface area contributed by atoms with Crippen LogP contribution >= 0.6 is 11.3 Å². The van der Waals surface area contributed by atoms with Crippen molar-refractivity contribution in [2.45, 2.75) is 51.6 Å². The monoisotopic (exact) mass is 304 g/mol. The fourth-order valence-corrected chi connectivity index (χ4v) is 5.42. The van der Waals surface area contributed by atoms with Gasteiger partial charge in [0.05, 0.1) is 4.90 Å². The summed E-state index contributed by atoms with van der Waals surface area (Å²) in [6.07, 6.45) is 0.819. The number of nitrogens with zero attached hydrogens (tertiary/aromatic N) is 1. The van der Waals surface area contributed by atoms with E-state index >= 15 is 0 Å². The van der Waals surface area contributed by atoms with E-state index in [4.69, 9.17) is 0 Å². The molecule has 0 radical (unpaired) electrons. The summed E-state index contributed by atoms with van der Waals surface area (Å²) < 4.78 is 27.0. The Balaban J connectivity index is 3.18. The van der Waals surface area contributed by atoms with E-state index in [0.717, 1.165) is 16.2 Å². The van der Waals surface area contributed by atoms with Crippen molar-refractivity contribution in [3.63, 3.8) is 0 Å². The first kappa shape index (κ1) is 16.6. The summed E-state index contributed by atoms with van der Waals surface area (Å²) in [4.78, 5) is 2.38. The zero-order chi connectivity index (χ0) is 14.6. The molecule has 1 aromatic heterocycles. The van der Waals surface area contributed by atoms with E-state index < -0.39 is 10.0 Å². The van der Waals surface area contributed by atoms with Gasteiger partial charge in [0.2, 0.25) is 10.0 Å². The lowest BCUT2D eigenvalue weighted by Crippen LogP contribution is -2.38. The maximum absolute atomic E-state index is 12.7. The van der Waals surface area contributed by atoms with Crippen LogP contribution in [0, 0.1) is 6.92 Å². The smallest absolute Gasteiger partial charge is 0.244 e. The van der Waals surface area contributed by atoms with Gasteiger partial charge < -0.3 is 5.32 Å². The van der Waals surface area contributed by atoms with E-state index in [1.165, 1.54) is 0 Å². The molecule has 1 unspecified atom stereocenters. The van der Waals surface area contributed by atoms with Gasteiger partial charge in [-0.15, -0.1) is 11.3 Å². The Morgan fingerprint density at radius 2 is 2.05 bits per heavy atom. The van der Waals surface area contributed by atoms with E-state index in [-0.39, 0.29) is 6.04 Å². The molecule has 19 heavy (non-hydrogen) atoms. The molecule has 1 atom stereocenters. The number of sulfonamides is 1. The van der Waals surface area contributed by atoms with Crippen LogP contribution in [-0.2, 0) is 16.6 Å². The van der Waals surface area contributed by atoms with Crippen molar-refractivity contribution in [3.8, 4) is 0 Å². The lowest BCUT2D eigenvalue weighted by molar-refractivity contribution is 0.342. The van der Waals surface area contributed by atoms with Gasteiger partial charge in [-0.25, -0.2) is 8.42 Å². The Labute approximate surface area is 120 Å². The minimum atomic E-state index is -3.37. The van der Waals surface area contributed by atoms with E-state index in [9.17, 15) is 8.42 Å². The van der Waals surface area contributed by atoms with Crippen LogP contribution in [0.15, 0.2) is 11.0 Å². The van der Waals surface area contributed by atoms with Crippen molar-refractivity contribution >= 4 is 21.4 Å². The van der Waals surface area contributed by atoms with Gasteiger partial charge in [-0.05, 0) is 33.4 Å². The van der Waals surface area contributed by atoms with Gasteiger partial charge in [0.25, 0.3) is 0 Å². The highest BCUT2D eigenvalue weighted by molar-refractivity contribution is 7.89. The molecule has 1 rings (SSSR count). The normalized spacial score (nSPS) is 14.0. The maximum atomic E-state index is 12.7. The Kier molecular flexibility index (Phi) is 5.98. The topological polar surface area (TPSA) is 49.4 Å². The van der Waals surface area contributed by atoms with E-state index in [1.807, 2.05) is 34.7 Å². The largest absolute Gasteiger partial charge is 0.315 e. The molecular formula is C13H24N2O2S2. The average molecular weight is 304 g/mol. The van der Waals surface area contributed by atoms with Gasteiger partial charge >= 0.3 is 0 Å². The van der Waals surface area contributed by atoms with Crippen LogP contribution in [0.5, 0.6) is 0 Å². The third kappa shape index (κ3) is 3.56. The predicted molar refractivity (Wildman–Crippen MR) is 81.1 cm³/mol. The molecule has 0 fully saturated rings. The number of thiophene rings is 1. The Hall–Kier alpha value is -0.430. The summed E-state index contributed by atoms with van der Waals surface area (Å²) in [5, 5.41) is 3.06. The lowest BCUT2D eigenvalue weighted by atomic mass is 10.3. The van der Waals surface area contributed by atoms with Gasteiger partial charge in [0.1, 0.15) is 0 Å². The number of hydrogen-bond donors (Lipinski definition) is 1. The molecule has 0 aliphatic rings. The zero-order valence-corrected chi connectivity index (χ0v) is 14.0. The summed E-state index contributed by atoms with van der Waals surface area (Å²) in [5.74, 6) is 0. The van der Waals surface area contributed by atoms with Crippen LogP contribution < -0.4 is 5.32 Å². The summed E-state index contributed by atoms with van der Waals surface area (Å²) in [7, 11) is -1.51.